The van der Waals surface area contributed by atoms with Gasteiger partial charge in [-0.1, -0.05) is 0 Å². The van der Waals surface area contributed by atoms with Crippen molar-refractivity contribution >= 4 is 5.97 Å². The third kappa shape index (κ3) is 2.04. The summed E-state index contributed by atoms with van der Waals surface area (Å²) in [6.45, 7) is 0. The number of carboxylic acids is 1. The van der Waals surface area contributed by atoms with Crippen molar-refractivity contribution in [3.05, 3.63) is 53.6 Å². The van der Waals surface area contributed by atoms with E-state index in [0.29, 0.717) is 0 Å². The predicted molar refractivity (Wildman–Crippen MR) is 56.5 cm³/mol. The summed E-state index contributed by atoms with van der Waals surface area (Å²) in [4.78, 5) is 14.3. The molecule has 2 aromatic rings. The van der Waals surface area contributed by atoms with Crippen LogP contribution in [0.15, 0.2) is 30.6 Å². The van der Waals surface area contributed by atoms with Crippen molar-refractivity contribution in [2.45, 2.75) is 0 Å². The maximum Gasteiger partial charge on any atom is 0.337 e. The van der Waals surface area contributed by atoms with Crippen LogP contribution in [0.1, 0.15) is 10.4 Å². The fourth-order valence-electron chi connectivity index (χ4n) is 1.45. The standard InChI is InChI=1S/C12H6F3NO2/c13-9-2-1-8(10(14)11(9)15)6-3-7(12(17)18)5-16-4-6/h1-5H,(H,17,18). The van der Waals surface area contributed by atoms with E-state index in [4.69, 9.17) is 5.11 Å². The lowest BCUT2D eigenvalue weighted by molar-refractivity contribution is 0.0696. The monoisotopic (exact) mass is 253 g/mol. The van der Waals surface area contributed by atoms with Crippen LogP contribution in [0, 0.1) is 17.5 Å². The molecule has 1 aromatic carbocycles. The molecule has 0 aliphatic heterocycles. The third-order valence-electron chi connectivity index (χ3n) is 2.33. The van der Waals surface area contributed by atoms with Crippen LogP contribution in [-0.4, -0.2) is 16.1 Å². The van der Waals surface area contributed by atoms with Gasteiger partial charge in [0, 0.05) is 23.5 Å². The molecule has 0 radical (unpaired) electrons. The number of hydrogen-bond donors (Lipinski definition) is 1. The minimum Gasteiger partial charge on any atom is -0.478 e. The zero-order valence-electron chi connectivity index (χ0n) is 8.82. The molecule has 1 N–H and O–H groups in total. The van der Waals surface area contributed by atoms with E-state index < -0.39 is 23.4 Å². The van der Waals surface area contributed by atoms with Gasteiger partial charge >= 0.3 is 5.97 Å². The predicted octanol–water partition coefficient (Wildman–Crippen LogP) is 2.86. The number of aromatic carboxylic acids is 1. The van der Waals surface area contributed by atoms with Gasteiger partial charge < -0.3 is 5.11 Å². The first-order valence-electron chi connectivity index (χ1n) is 4.83. The lowest BCUT2D eigenvalue weighted by atomic mass is 10.1. The molecule has 0 aliphatic rings. The van der Waals surface area contributed by atoms with Gasteiger partial charge in [-0.15, -0.1) is 0 Å². The molecule has 0 atom stereocenters. The van der Waals surface area contributed by atoms with Crippen LogP contribution in [0.25, 0.3) is 11.1 Å². The van der Waals surface area contributed by atoms with Gasteiger partial charge in [-0.3, -0.25) is 4.98 Å². The fourth-order valence-corrected chi connectivity index (χ4v) is 1.45. The number of aromatic nitrogens is 1. The molecule has 0 aliphatic carbocycles. The Labute approximate surface area is 99.5 Å². The fraction of sp³-hybridized carbons (Fsp3) is 0. The second-order valence-electron chi connectivity index (χ2n) is 3.49. The molecule has 0 spiro atoms. The molecule has 0 amide bonds. The molecule has 0 unspecified atom stereocenters. The van der Waals surface area contributed by atoms with Gasteiger partial charge in [-0.25, -0.2) is 18.0 Å². The van der Waals surface area contributed by atoms with Crippen molar-refractivity contribution in [3.8, 4) is 11.1 Å². The topological polar surface area (TPSA) is 50.2 Å². The lowest BCUT2D eigenvalue weighted by Gasteiger charge is -2.05. The zero-order chi connectivity index (χ0) is 13.3. The van der Waals surface area contributed by atoms with Crippen molar-refractivity contribution in [3.63, 3.8) is 0 Å². The van der Waals surface area contributed by atoms with E-state index >= 15 is 0 Å². The van der Waals surface area contributed by atoms with Crippen molar-refractivity contribution in [2.24, 2.45) is 0 Å². The number of nitrogens with zero attached hydrogens (tertiary/aromatic N) is 1. The summed E-state index contributed by atoms with van der Waals surface area (Å²) in [5.74, 6) is -5.53. The average molecular weight is 253 g/mol. The van der Waals surface area contributed by atoms with Crippen LogP contribution in [0.4, 0.5) is 13.2 Å². The molecule has 18 heavy (non-hydrogen) atoms. The SMILES string of the molecule is O=C(O)c1cncc(-c2ccc(F)c(F)c2F)c1. The molecule has 0 saturated heterocycles. The summed E-state index contributed by atoms with van der Waals surface area (Å²) >= 11 is 0. The highest BCUT2D eigenvalue weighted by Gasteiger charge is 2.15. The molecule has 0 bridgehead atoms. The maximum absolute atomic E-state index is 13.5. The van der Waals surface area contributed by atoms with Gasteiger partial charge in [0.25, 0.3) is 0 Å². The van der Waals surface area contributed by atoms with Gasteiger partial charge in [0.15, 0.2) is 17.5 Å². The Bertz CT molecular complexity index is 629. The van der Waals surface area contributed by atoms with Gasteiger partial charge in [0.2, 0.25) is 0 Å². The quantitative estimate of drug-likeness (QED) is 0.837. The molecule has 0 fully saturated rings. The summed E-state index contributed by atoms with van der Waals surface area (Å²) in [5, 5.41) is 8.76. The highest BCUT2D eigenvalue weighted by molar-refractivity contribution is 5.88. The number of halogens is 3. The van der Waals surface area contributed by atoms with Crippen LogP contribution >= 0.6 is 0 Å². The average Bonchev–Trinajstić information content (AvgIpc) is 2.36. The Morgan fingerprint density at radius 1 is 1.11 bits per heavy atom. The molecule has 2 rings (SSSR count). The highest BCUT2D eigenvalue weighted by atomic mass is 19.2. The number of rotatable bonds is 2. The summed E-state index contributed by atoms with van der Waals surface area (Å²) < 4.78 is 39.3. The number of carboxylic acid groups (broad SMARTS) is 1. The van der Waals surface area contributed by atoms with E-state index in [1.54, 1.807) is 0 Å². The Morgan fingerprint density at radius 3 is 2.50 bits per heavy atom. The first kappa shape index (κ1) is 12.1. The number of pyridine rings is 1. The summed E-state index contributed by atoms with van der Waals surface area (Å²) in [6, 6.07) is 2.92. The second kappa shape index (κ2) is 4.48. The summed E-state index contributed by atoms with van der Waals surface area (Å²) in [5.41, 5.74) is -0.354. The van der Waals surface area contributed by atoms with Crippen LogP contribution < -0.4 is 0 Å². The Kier molecular flexibility index (Phi) is 3.01. The van der Waals surface area contributed by atoms with Crippen molar-refractivity contribution < 1.29 is 23.1 Å². The first-order valence-corrected chi connectivity index (χ1v) is 4.83. The number of carbonyl (C=O) groups is 1. The van der Waals surface area contributed by atoms with Crippen LogP contribution in [0.3, 0.4) is 0 Å². The Hall–Kier alpha value is -2.37. The highest BCUT2D eigenvalue weighted by Crippen LogP contribution is 2.25. The largest absolute Gasteiger partial charge is 0.478 e. The second-order valence-corrected chi connectivity index (χ2v) is 3.49. The van der Waals surface area contributed by atoms with Gasteiger partial charge in [0.1, 0.15) is 0 Å². The van der Waals surface area contributed by atoms with Crippen molar-refractivity contribution in [2.75, 3.05) is 0 Å². The van der Waals surface area contributed by atoms with Gasteiger partial charge in [0.05, 0.1) is 5.56 Å². The van der Waals surface area contributed by atoms with Crippen molar-refractivity contribution in [1.29, 1.82) is 0 Å². The van der Waals surface area contributed by atoms with Crippen molar-refractivity contribution in [1.82, 2.24) is 4.98 Å². The van der Waals surface area contributed by atoms with E-state index in [2.05, 4.69) is 4.98 Å². The molecule has 92 valence electrons. The molecular weight excluding hydrogens is 247 g/mol. The molecule has 1 aromatic heterocycles. The number of benzene rings is 1. The van der Waals surface area contributed by atoms with Gasteiger partial charge in [-0.05, 0) is 18.2 Å². The van der Waals surface area contributed by atoms with Crippen LogP contribution in [-0.2, 0) is 0 Å². The van der Waals surface area contributed by atoms with Crippen LogP contribution in [0.2, 0.25) is 0 Å². The van der Waals surface area contributed by atoms with E-state index in [1.807, 2.05) is 0 Å². The normalized spacial score (nSPS) is 10.4. The maximum atomic E-state index is 13.5. The minimum atomic E-state index is -1.60. The molecule has 6 heteroatoms. The summed E-state index contributed by atoms with van der Waals surface area (Å²) in [6.07, 6.45) is 2.24. The van der Waals surface area contributed by atoms with E-state index in [1.165, 1.54) is 6.20 Å². The third-order valence-corrected chi connectivity index (χ3v) is 2.33. The molecule has 0 saturated carbocycles. The lowest BCUT2D eigenvalue weighted by Crippen LogP contribution is -1.99. The minimum absolute atomic E-state index is 0.0614. The van der Waals surface area contributed by atoms with E-state index in [-0.39, 0.29) is 16.7 Å². The molecular formula is C12H6F3NO2. The smallest absolute Gasteiger partial charge is 0.337 e. The first-order chi connectivity index (χ1) is 8.50. The van der Waals surface area contributed by atoms with Crippen LogP contribution in [0.5, 0.6) is 0 Å². The Morgan fingerprint density at radius 2 is 1.83 bits per heavy atom. The molecule has 3 nitrogen and oxygen atoms in total. The van der Waals surface area contributed by atoms with Gasteiger partial charge in [-0.2, -0.15) is 0 Å². The molecule has 1 heterocycles. The summed E-state index contributed by atoms with van der Waals surface area (Å²) in [7, 11) is 0. The number of hydrogen-bond acceptors (Lipinski definition) is 2. The van der Waals surface area contributed by atoms with E-state index in [0.717, 1.165) is 24.4 Å². The Balaban J connectivity index is 2.59. The van der Waals surface area contributed by atoms with E-state index in [9.17, 15) is 18.0 Å². The zero-order valence-corrected chi connectivity index (χ0v) is 8.82.